The van der Waals surface area contributed by atoms with E-state index < -0.39 is 10.0 Å². The van der Waals surface area contributed by atoms with Gasteiger partial charge in [0.1, 0.15) is 11.1 Å². The summed E-state index contributed by atoms with van der Waals surface area (Å²) in [7, 11) is -3.87. The zero-order valence-electron chi connectivity index (χ0n) is 19.3. The molecule has 37 heavy (non-hydrogen) atoms. The lowest BCUT2D eigenvalue weighted by molar-refractivity contribution is -0.128. The number of anilines is 2. The molecule has 2 aromatic heterocycles. The van der Waals surface area contributed by atoms with Crippen molar-refractivity contribution in [2.45, 2.75) is 16.8 Å². The van der Waals surface area contributed by atoms with E-state index in [2.05, 4.69) is 20.0 Å². The van der Waals surface area contributed by atoms with Gasteiger partial charge < -0.3 is 14.6 Å². The Kier molecular flexibility index (Phi) is 6.93. The standard InChI is InChI=1S/C25H21N5O5S2/c31-22-16-36-24(30(22)15-20-3-1-14-35-20)18-6-4-17(5-7-18)23(32)28-19-8-10-21(11-9-19)37(33,34)29-25-26-12-2-13-27-25/h1-14,24H,15-16H2,(H,28,32)(H,26,27,29)/t24-/m0/s1. The highest BCUT2D eigenvalue weighted by molar-refractivity contribution is 8.00. The van der Waals surface area contributed by atoms with Crippen molar-refractivity contribution in [2.75, 3.05) is 15.8 Å². The molecule has 10 nitrogen and oxygen atoms in total. The number of benzene rings is 2. The van der Waals surface area contributed by atoms with Crippen molar-refractivity contribution in [1.29, 1.82) is 0 Å². The third-order valence-corrected chi connectivity index (χ3v) is 8.15. The summed E-state index contributed by atoms with van der Waals surface area (Å²) in [5.41, 5.74) is 1.77. The molecule has 2 aromatic carbocycles. The van der Waals surface area contributed by atoms with Gasteiger partial charge in [-0.3, -0.25) is 9.59 Å². The minimum atomic E-state index is -3.87. The van der Waals surface area contributed by atoms with Crippen molar-refractivity contribution < 1.29 is 22.4 Å². The highest BCUT2D eigenvalue weighted by atomic mass is 32.2. The Bertz CT molecular complexity index is 1490. The maximum absolute atomic E-state index is 12.8. The van der Waals surface area contributed by atoms with Gasteiger partial charge in [-0.25, -0.2) is 23.1 Å². The number of thioether (sulfide) groups is 1. The van der Waals surface area contributed by atoms with Crippen molar-refractivity contribution in [3.63, 3.8) is 0 Å². The molecule has 3 heterocycles. The van der Waals surface area contributed by atoms with Gasteiger partial charge in [-0.15, -0.1) is 11.8 Å². The predicted octanol–water partition coefficient (Wildman–Crippen LogP) is 3.90. The van der Waals surface area contributed by atoms with Gasteiger partial charge in [-0.1, -0.05) is 12.1 Å². The maximum Gasteiger partial charge on any atom is 0.264 e. The molecule has 1 fully saturated rings. The molecule has 1 aliphatic rings. The van der Waals surface area contributed by atoms with Crippen molar-refractivity contribution in [3.05, 3.63) is 102 Å². The largest absolute Gasteiger partial charge is 0.467 e. The van der Waals surface area contributed by atoms with E-state index in [0.717, 1.165) is 5.56 Å². The van der Waals surface area contributed by atoms with Crippen molar-refractivity contribution in [3.8, 4) is 0 Å². The van der Waals surface area contributed by atoms with Crippen LogP contribution in [0.15, 0.2) is 94.7 Å². The second kappa shape index (κ2) is 10.4. The minimum absolute atomic E-state index is 0.00465. The molecule has 1 atom stereocenters. The molecule has 0 bridgehead atoms. The third kappa shape index (κ3) is 5.65. The fourth-order valence-electron chi connectivity index (χ4n) is 3.72. The molecule has 1 aliphatic heterocycles. The number of sulfonamides is 1. The van der Waals surface area contributed by atoms with Crippen LogP contribution in [0.4, 0.5) is 11.6 Å². The van der Waals surface area contributed by atoms with Crippen LogP contribution in [0.1, 0.15) is 27.1 Å². The number of hydrogen-bond acceptors (Lipinski definition) is 8. The van der Waals surface area contributed by atoms with Crippen molar-refractivity contribution >= 4 is 45.2 Å². The molecule has 0 spiro atoms. The first kappa shape index (κ1) is 24.5. The first-order valence-corrected chi connectivity index (χ1v) is 13.7. The normalized spacial score (nSPS) is 15.5. The number of hydrogen-bond donors (Lipinski definition) is 2. The Hall–Kier alpha value is -4.16. The number of nitrogens with one attached hydrogen (secondary N) is 2. The van der Waals surface area contributed by atoms with E-state index >= 15 is 0 Å². The molecular weight excluding hydrogens is 514 g/mol. The summed E-state index contributed by atoms with van der Waals surface area (Å²) in [5.74, 6) is 0.742. The highest BCUT2D eigenvalue weighted by Crippen LogP contribution is 2.39. The van der Waals surface area contributed by atoms with Crippen LogP contribution >= 0.6 is 11.8 Å². The SMILES string of the molecule is O=C(Nc1ccc(S(=O)(=O)Nc2ncccn2)cc1)c1ccc([C@@H]2SCC(=O)N2Cc2ccco2)cc1. The first-order chi connectivity index (χ1) is 17.9. The molecule has 5 rings (SSSR count). The van der Waals surface area contributed by atoms with Crippen molar-refractivity contribution in [1.82, 2.24) is 14.9 Å². The Labute approximate surface area is 217 Å². The van der Waals surface area contributed by atoms with E-state index in [9.17, 15) is 18.0 Å². The van der Waals surface area contributed by atoms with Crippen LogP contribution < -0.4 is 10.0 Å². The summed E-state index contributed by atoms with van der Waals surface area (Å²) in [6.07, 6.45) is 4.44. The predicted molar refractivity (Wildman–Crippen MR) is 138 cm³/mol. The van der Waals surface area contributed by atoms with Crippen LogP contribution in [-0.2, 0) is 21.4 Å². The van der Waals surface area contributed by atoms with E-state index in [1.165, 1.54) is 48.4 Å². The quantitative estimate of drug-likeness (QED) is 0.347. The van der Waals surface area contributed by atoms with Crippen LogP contribution in [0.25, 0.3) is 0 Å². The molecule has 0 unspecified atom stereocenters. The third-order valence-electron chi connectivity index (χ3n) is 5.55. The molecule has 2 amide bonds. The summed E-state index contributed by atoms with van der Waals surface area (Å²) in [6, 6.07) is 18.0. The summed E-state index contributed by atoms with van der Waals surface area (Å²) in [6.45, 7) is 0.380. The average molecular weight is 536 g/mol. The smallest absolute Gasteiger partial charge is 0.264 e. The topological polar surface area (TPSA) is 134 Å². The van der Waals surface area contributed by atoms with Gasteiger partial charge in [0.15, 0.2) is 0 Å². The zero-order chi connectivity index (χ0) is 25.8. The fraction of sp³-hybridized carbons (Fsp3) is 0.120. The lowest BCUT2D eigenvalue weighted by Crippen LogP contribution is -2.27. The Morgan fingerprint density at radius 1 is 1.03 bits per heavy atom. The first-order valence-electron chi connectivity index (χ1n) is 11.1. The Morgan fingerprint density at radius 3 is 2.43 bits per heavy atom. The molecule has 188 valence electrons. The van der Waals surface area contributed by atoms with E-state index in [-0.39, 0.29) is 28.0 Å². The number of carbonyl (C=O) groups is 2. The Morgan fingerprint density at radius 2 is 1.76 bits per heavy atom. The van der Waals surface area contributed by atoms with E-state index in [1.54, 1.807) is 35.4 Å². The molecule has 12 heteroatoms. The molecule has 0 saturated carbocycles. The van der Waals surface area contributed by atoms with Crippen LogP contribution in [0.3, 0.4) is 0 Å². The number of aromatic nitrogens is 2. The molecule has 0 radical (unpaired) electrons. The van der Waals surface area contributed by atoms with Crippen molar-refractivity contribution in [2.24, 2.45) is 0 Å². The summed E-state index contributed by atoms with van der Waals surface area (Å²) < 4.78 is 32.7. The van der Waals surface area contributed by atoms with Crippen LogP contribution in [0.2, 0.25) is 0 Å². The molecule has 4 aromatic rings. The average Bonchev–Trinajstić information content (AvgIpc) is 3.55. The summed E-state index contributed by atoms with van der Waals surface area (Å²) in [4.78, 5) is 34.6. The van der Waals surface area contributed by atoms with Crippen LogP contribution in [0.5, 0.6) is 0 Å². The van der Waals surface area contributed by atoms with Gasteiger partial charge >= 0.3 is 0 Å². The minimum Gasteiger partial charge on any atom is -0.467 e. The number of furan rings is 1. The molecule has 0 aliphatic carbocycles. The fourth-order valence-corrected chi connectivity index (χ4v) is 5.87. The van der Waals surface area contributed by atoms with Gasteiger partial charge in [-0.2, -0.15) is 0 Å². The van der Waals surface area contributed by atoms with Gasteiger partial charge in [0.2, 0.25) is 11.9 Å². The van der Waals surface area contributed by atoms with Crippen LogP contribution in [0, 0.1) is 0 Å². The second-order valence-corrected chi connectivity index (χ2v) is 10.8. The van der Waals surface area contributed by atoms with Gasteiger partial charge in [0.05, 0.1) is 23.5 Å². The number of rotatable bonds is 8. The zero-order valence-corrected chi connectivity index (χ0v) is 20.9. The number of carbonyl (C=O) groups excluding carboxylic acids is 2. The van der Waals surface area contributed by atoms with E-state index in [0.29, 0.717) is 29.3 Å². The van der Waals surface area contributed by atoms with Crippen LogP contribution in [-0.4, -0.2) is 40.9 Å². The van der Waals surface area contributed by atoms with E-state index in [4.69, 9.17) is 4.42 Å². The number of nitrogens with zero attached hydrogens (tertiary/aromatic N) is 3. The maximum atomic E-state index is 12.8. The molecule has 2 N–H and O–H groups in total. The Balaban J connectivity index is 1.23. The van der Waals surface area contributed by atoms with E-state index in [1.807, 2.05) is 18.2 Å². The highest BCUT2D eigenvalue weighted by Gasteiger charge is 2.33. The monoisotopic (exact) mass is 535 g/mol. The van der Waals surface area contributed by atoms with Gasteiger partial charge in [-0.05, 0) is 60.2 Å². The number of amides is 2. The molecule has 1 saturated heterocycles. The lowest BCUT2D eigenvalue weighted by Gasteiger charge is -2.23. The lowest BCUT2D eigenvalue weighted by atomic mass is 10.1. The van der Waals surface area contributed by atoms with Gasteiger partial charge in [0.25, 0.3) is 15.9 Å². The second-order valence-electron chi connectivity index (χ2n) is 8.04. The summed E-state index contributed by atoms with van der Waals surface area (Å²) >= 11 is 1.53. The van der Waals surface area contributed by atoms with Gasteiger partial charge in [0, 0.05) is 23.6 Å². The summed E-state index contributed by atoms with van der Waals surface area (Å²) in [5, 5.41) is 2.59. The molecular formula is C25H21N5O5S2.